The van der Waals surface area contributed by atoms with Gasteiger partial charge in [0.2, 0.25) is 5.88 Å². The topological polar surface area (TPSA) is 73.5 Å². The minimum Gasteiger partial charge on any atom is -0.492 e. The van der Waals surface area contributed by atoms with E-state index in [0.717, 1.165) is 44.4 Å². The van der Waals surface area contributed by atoms with E-state index in [9.17, 15) is 18.3 Å². The molecular weight excluding hydrogens is 539 g/mol. The van der Waals surface area contributed by atoms with Gasteiger partial charge in [0.15, 0.2) is 5.13 Å². The number of ether oxygens (including phenoxy) is 1. The summed E-state index contributed by atoms with van der Waals surface area (Å²) >= 11 is 7.19. The summed E-state index contributed by atoms with van der Waals surface area (Å²) in [6.45, 7) is 4.58. The van der Waals surface area contributed by atoms with E-state index in [0.29, 0.717) is 32.8 Å². The van der Waals surface area contributed by atoms with E-state index in [1.165, 1.54) is 23.5 Å². The molecule has 0 spiro atoms. The SMILES string of the molecule is COCCN1CCN(c2nc(O)c(/C(Cc3ccc(Cl)cc3C(F)(F)F)=c3\ccc4c(c3)C=NN=4)s2)CC1. The zero-order valence-electron chi connectivity index (χ0n) is 20.5. The predicted molar refractivity (Wildman–Crippen MR) is 142 cm³/mol. The van der Waals surface area contributed by atoms with Gasteiger partial charge >= 0.3 is 6.18 Å². The normalized spacial score (nSPS) is 16.5. The molecule has 0 atom stereocenters. The van der Waals surface area contributed by atoms with Crippen molar-refractivity contribution in [2.24, 2.45) is 10.2 Å². The summed E-state index contributed by atoms with van der Waals surface area (Å²) in [5.41, 5.74) is 0.526. The first-order valence-electron chi connectivity index (χ1n) is 12.0. The second-order valence-corrected chi connectivity index (χ2v) is 10.5. The summed E-state index contributed by atoms with van der Waals surface area (Å²) < 4.78 is 46.9. The van der Waals surface area contributed by atoms with Crippen LogP contribution in [0, 0.1) is 0 Å². The maximum atomic E-state index is 13.9. The number of alkyl halides is 3. The highest BCUT2D eigenvalue weighted by Gasteiger charge is 2.34. The molecular formula is C26H25ClF3N5O2S. The summed E-state index contributed by atoms with van der Waals surface area (Å²) in [4.78, 5) is 9.23. The Balaban J connectivity index is 1.55. The number of hydrogen-bond acceptors (Lipinski definition) is 8. The van der Waals surface area contributed by atoms with Crippen LogP contribution >= 0.6 is 22.9 Å². The fourth-order valence-corrected chi connectivity index (χ4v) is 5.83. The third-order valence-electron chi connectivity index (χ3n) is 6.61. The van der Waals surface area contributed by atoms with Gasteiger partial charge in [-0.15, -0.1) is 0 Å². The van der Waals surface area contributed by atoms with E-state index in [-0.39, 0.29) is 22.9 Å². The Morgan fingerprint density at radius 1 is 1.13 bits per heavy atom. The molecule has 0 radical (unpaired) electrons. The third-order valence-corrected chi connectivity index (χ3v) is 8.01. The Bertz CT molecular complexity index is 1480. The van der Waals surface area contributed by atoms with E-state index in [1.54, 1.807) is 25.5 Å². The number of piperazine rings is 1. The monoisotopic (exact) mass is 563 g/mol. The third kappa shape index (κ3) is 5.70. The Morgan fingerprint density at radius 3 is 2.66 bits per heavy atom. The van der Waals surface area contributed by atoms with Crippen molar-refractivity contribution in [1.29, 1.82) is 0 Å². The molecule has 1 saturated heterocycles. The van der Waals surface area contributed by atoms with E-state index >= 15 is 0 Å². The number of nitrogens with zero attached hydrogens (tertiary/aromatic N) is 5. The average Bonchev–Trinajstić information content (AvgIpc) is 3.52. The Labute approximate surface area is 226 Å². The van der Waals surface area contributed by atoms with Gasteiger partial charge in [-0.1, -0.05) is 35.1 Å². The van der Waals surface area contributed by atoms with Crippen molar-refractivity contribution in [3.05, 3.63) is 73.6 Å². The molecule has 1 fully saturated rings. The second kappa shape index (κ2) is 11.0. The Kier molecular flexibility index (Phi) is 7.71. The first-order chi connectivity index (χ1) is 18.2. The number of hydrogen-bond donors (Lipinski definition) is 1. The zero-order valence-corrected chi connectivity index (χ0v) is 22.1. The van der Waals surface area contributed by atoms with Crippen LogP contribution in [0.5, 0.6) is 5.88 Å². The minimum atomic E-state index is -4.59. The van der Waals surface area contributed by atoms with E-state index < -0.39 is 11.7 Å². The van der Waals surface area contributed by atoms with Gasteiger partial charge in [0.05, 0.1) is 28.6 Å². The van der Waals surface area contributed by atoms with Crippen LogP contribution in [-0.4, -0.2) is 67.6 Å². The molecule has 0 aliphatic carbocycles. The number of rotatable bonds is 7. The maximum absolute atomic E-state index is 13.9. The number of halogens is 4. The molecule has 0 saturated carbocycles. The first kappa shape index (κ1) is 26.6. The number of anilines is 1. The molecule has 0 amide bonds. The Hall–Kier alpha value is -2.99. The van der Waals surface area contributed by atoms with Crippen LogP contribution in [0.3, 0.4) is 0 Å². The van der Waals surface area contributed by atoms with Crippen LogP contribution in [0.4, 0.5) is 18.3 Å². The summed E-state index contributed by atoms with van der Waals surface area (Å²) in [5.74, 6) is -0.205. The van der Waals surface area contributed by atoms with Crippen LogP contribution in [0.15, 0.2) is 46.6 Å². The fraction of sp³-hybridized carbons (Fsp3) is 0.346. The molecule has 12 heteroatoms. The van der Waals surface area contributed by atoms with Crippen LogP contribution < -0.4 is 15.5 Å². The lowest BCUT2D eigenvalue weighted by molar-refractivity contribution is -0.138. The lowest BCUT2D eigenvalue weighted by Gasteiger charge is -2.34. The molecule has 3 heterocycles. The van der Waals surface area contributed by atoms with E-state index in [4.69, 9.17) is 16.3 Å². The predicted octanol–water partition coefficient (Wildman–Crippen LogP) is 3.70. The number of fused-ring (bicyclic) bond motifs is 1. The molecule has 0 bridgehead atoms. The molecule has 2 aliphatic heterocycles. The molecule has 2 aliphatic rings. The van der Waals surface area contributed by atoms with Gasteiger partial charge in [-0.05, 0) is 40.6 Å². The van der Waals surface area contributed by atoms with Gasteiger partial charge in [-0.3, -0.25) is 4.90 Å². The molecule has 7 nitrogen and oxygen atoms in total. The summed E-state index contributed by atoms with van der Waals surface area (Å²) in [5, 5.41) is 20.9. The smallest absolute Gasteiger partial charge is 0.416 e. The summed E-state index contributed by atoms with van der Waals surface area (Å²) in [7, 11) is 1.68. The van der Waals surface area contributed by atoms with Gasteiger partial charge in [-0.25, -0.2) is 0 Å². The molecule has 1 N–H and O–H groups in total. The van der Waals surface area contributed by atoms with Gasteiger partial charge in [0.25, 0.3) is 0 Å². The lowest BCUT2D eigenvalue weighted by Crippen LogP contribution is -2.47. The van der Waals surface area contributed by atoms with E-state index in [2.05, 4.69) is 25.0 Å². The number of benzene rings is 2. The average molecular weight is 564 g/mol. The lowest BCUT2D eigenvalue weighted by atomic mass is 9.96. The van der Waals surface area contributed by atoms with E-state index in [1.807, 2.05) is 6.07 Å². The number of thiazole rings is 1. The maximum Gasteiger partial charge on any atom is 0.416 e. The van der Waals surface area contributed by atoms with Gasteiger partial charge in [-0.2, -0.15) is 28.4 Å². The zero-order chi connectivity index (χ0) is 26.9. The summed E-state index contributed by atoms with van der Waals surface area (Å²) in [6, 6.07) is 9.13. The van der Waals surface area contributed by atoms with Crippen LogP contribution in [-0.2, 0) is 17.3 Å². The van der Waals surface area contributed by atoms with Crippen molar-refractivity contribution in [3.63, 3.8) is 0 Å². The highest BCUT2D eigenvalue weighted by molar-refractivity contribution is 7.17. The molecule has 5 rings (SSSR count). The number of aromatic hydroxyl groups is 1. The van der Waals surface area contributed by atoms with Gasteiger partial charge < -0.3 is 14.7 Å². The van der Waals surface area contributed by atoms with Gasteiger partial charge in [0, 0.05) is 56.8 Å². The van der Waals surface area contributed by atoms with Crippen molar-refractivity contribution >= 4 is 39.9 Å². The molecule has 38 heavy (non-hydrogen) atoms. The van der Waals surface area contributed by atoms with Crippen LogP contribution in [0.1, 0.15) is 21.6 Å². The number of methoxy groups -OCH3 is 1. The molecule has 2 aromatic carbocycles. The van der Waals surface area contributed by atoms with Crippen molar-refractivity contribution < 1.29 is 23.0 Å². The Morgan fingerprint density at radius 2 is 1.92 bits per heavy atom. The number of aromatic nitrogens is 1. The largest absolute Gasteiger partial charge is 0.492 e. The first-order valence-corrected chi connectivity index (χ1v) is 13.2. The van der Waals surface area contributed by atoms with Crippen molar-refractivity contribution in [3.8, 4) is 5.88 Å². The fourth-order valence-electron chi connectivity index (χ4n) is 4.58. The molecule has 200 valence electrons. The quantitative estimate of drug-likeness (QED) is 0.475. The molecule has 3 aromatic rings. The van der Waals surface area contributed by atoms with Crippen molar-refractivity contribution in [2.45, 2.75) is 12.6 Å². The van der Waals surface area contributed by atoms with Gasteiger partial charge in [0.1, 0.15) is 0 Å². The standard InChI is InChI=1S/C26H25ClF3N5O2S/c1-37-11-10-34-6-8-35(9-7-34)25-32-24(36)23(38-25)20(16-3-5-22-18(12-16)15-31-33-22)13-17-2-4-19(27)14-21(17)26(28,29)30/h2-5,12,14-15,36H,6-11,13H2,1H3/b20-16+. The van der Waals surface area contributed by atoms with Crippen LogP contribution in [0.25, 0.3) is 5.57 Å². The highest BCUT2D eigenvalue weighted by atomic mass is 35.5. The van der Waals surface area contributed by atoms with Crippen molar-refractivity contribution in [2.75, 3.05) is 51.3 Å². The summed E-state index contributed by atoms with van der Waals surface area (Å²) in [6.07, 6.45) is -3.07. The van der Waals surface area contributed by atoms with Crippen molar-refractivity contribution in [1.82, 2.24) is 9.88 Å². The highest BCUT2D eigenvalue weighted by Crippen LogP contribution is 2.39. The minimum absolute atomic E-state index is 0.00513. The van der Waals surface area contributed by atoms with Crippen LogP contribution in [0.2, 0.25) is 5.02 Å². The second-order valence-electron chi connectivity index (χ2n) is 9.04. The molecule has 0 unspecified atom stereocenters. The molecule has 1 aromatic heterocycles.